The van der Waals surface area contributed by atoms with Crippen LogP contribution in [0.5, 0.6) is 5.75 Å². The van der Waals surface area contributed by atoms with Crippen LogP contribution in [0.2, 0.25) is 10.0 Å². The van der Waals surface area contributed by atoms with Gasteiger partial charge in [0.1, 0.15) is 17.4 Å². The number of aryl methyl sites for hydroxylation is 1. The van der Waals surface area contributed by atoms with Crippen molar-refractivity contribution in [2.45, 2.75) is 33.8 Å². The molecule has 0 spiro atoms. The first-order chi connectivity index (χ1) is 15.2. The highest BCUT2D eigenvalue weighted by molar-refractivity contribution is 6.42. The fourth-order valence-electron chi connectivity index (χ4n) is 3.38. The van der Waals surface area contributed by atoms with Gasteiger partial charge in [0, 0.05) is 28.8 Å². The molecule has 3 aromatic rings. The number of ether oxygens (including phenoxy) is 1. The number of nitrogens with one attached hydrogen (secondary N) is 1. The molecule has 164 valence electrons. The fourth-order valence-corrected chi connectivity index (χ4v) is 3.67. The number of amides is 1. The average Bonchev–Trinajstić information content (AvgIpc) is 3.01. The van der Waals surface area contributed by atoms with E-state index >= 15 is 0 Å². The lowest BCUT2D eigenvalue weighted by atomic mass is 10.1. The Labute approximate surface area is 197 Å². The number of anilines is 1. The quantitative estimate of drug-likeness (QED) is 0.322. The molecule has 2 aromatic carbocycles. The molecule has 0 saturated heterocycles. The van der Waals surface area contributed by atoms with Gasteiger partial charge in [0.25, 0.3) is 5.91 Å². The number of hydrogen-bond acceptors (Lipinski definition) is 3. The third-order valence-corrected chi connectivity index (χ3v) is 5.50. The van der Waals surface area contributed by atoms with Gasteiger partial charge in [-0.15, -0.1) is 0 Å². The van der Waals surface area contributed by atoms with E-state index in [0.29, 0.717) is 21.5 Å². The highest BCUT2D eigenvalue weighted by Gasteiger charge is 2.15. The molecule has 0 saturated carbocycles. The van der Waals surface area contributed by atoms with E-state index in [1.807, 2.05) is 56.5 Å². The van der Waals surface area contributed by atoms with Crippen molar-refractivity contribution in [1.29, 1.82) is 5.26 Å². The Morgan fingerprint density at radius 3 is 2.53 bits per heavy atom. The van der Waals surface area contributed by atoms with Gasteiger partial charge in [-0.25, -0.2) is 0 Å². The number of nitrogens with zero attached hydrogens (tertiary/aromatic N) is 2. The minimum absolute atomic E-state index is 0.00503. The van der Waals surface area contributed by atoms with Crippen LogP contribution in [0.15, 0.2) is 54.1 Å². The van der Waals surface area contributed by atoms with Crippen LogP contribution in [0.25, 0.3) is 11.8 Å². The summed E-state index contributed by atoms with van der Waals surface area (Å²) in [6.07, 6.45) is 1.60. The van der Waals surface area contributed by atoms with Gasteiger partial charge in [-0.3, -0.25) is 4.79 Å². The molecule has 0 fully saturated rings. The van der Waals surface area contributed by atoms with Gasteiger partial charge in [-0.05, 0) is 75.7 Å². The van der Waals surface area contributed by atoms with Gasteiger partial charge in [0.05, 0.1) is 16.1 Å². The van der Waals surface area contributed by atoms with E-state index in [-0.39, 0.29) is 11.7 Å². The largest absolute Gasteiger partial charge is 0.491 e. The maximum Gasteiger partial charge on any atom is 0.266 e. The van der Waals surface area contributed by atoms with E-state index in [2.05, 4.69) is 5.32 Å². The Morgan fingerprint density at radius 1 is 1.12 bits per heavy atom. The Bertz CT molecular complexity index is 1240. The Kier molecular flexibility index (Phi) is 7.29. The van der Waals surface area contributed by atoms with Crippen LogP contribution in [0.3, 0.4) is 0 Å². The summed E-state index contributed by atoms with van der Waals surface area (Å²) in [5.41, 5.74) is 3.96. The van der Waals surface area contributed by atoms with Gasteiger partial charge in [-0.1, -0.05) is 29.3 Å². The van der Waals surface area contributed by atoms with E-state index < -0.39 is 5.91 Å². The van der Waals surface area contributed by atoms with Crippen LogP contribution in [0.1, 0.15) is 30.8 Å². The highest BCUT2D eigenvalue weighted by atomic mass is 35.5. The summed E-state index contributed by atoms with van der Waals surface area (Å²) >= 11 is 12.2. The van der Waals surface area contributed by atoms with Crippen molar-refractivity contribution in [2.75, 3.05) is 5.32 Å². The van der Waals surface area contributed by atoms with E-state index in [4.69, 9.17) is 27.9 Å². The molecule has 1 heterocycles. The van der Waals surface area contributed by atoms with Crippen LogP contribution < -0.4 is 10.1 Å². The number of rotatable bonds is 6. The zero-order chi connectivity index (χ0) is 23.4. The van der Waals surface area contributed by atoms with Crippen molar-refractivity contribution in [2.24, 2.45) is 0 Å². The molecular weight excluding hydrogens is 445 g/mol. The molecule has 0 bridgehead atoms. The van der Waals surface area contributed by atoms with Gasteiger partial charge in [0.15, 0.2) is 0 Å². The number of halogens is 2. The molecule has 3 rings (SSSR count). The molecule has 1 amide bonds. The summed E-state index contributed by atoms with van der Waals surface area (Å²) in [5.74, 6) is 0.152. The smallest absolute Gasteiger partial charge is 0.266 e. The standard InChI is InChI=1S/C25H23Cl2N3O2/c1-15(2)32-22-7-5-6-20(12-22)29-25(31)19(14-28)11-18-10-16(3)30(17(18)4)21-8-9-23(26)24(27)13-21/h5-13,15H,1-4H3,(H,29,31)/b19-11+. The van der Waals surface area contributed by atoms with E-state index in [0.717, 1.165) is 22.6 Å². The number of nitriles is 1. The first kappa shape index (κ1) is 23.5. The summed E-state index contributed by atoms with van der Waals surface area (Å²) in [6, 6.07) is 16.4. The molecule has 1 N–H and O–H groups in total. The first-order valence-electron chi connectivity index (χ1n) is 10.0. The number of hydrogen-bond donors (Lipinski definition) is 1. The van der Waals surface area contributed by atoms with Gasteiger partial charge >= 0.3 is 0 Å². The maximum absolute atomic E-state index is 12.8. The predicted molar refractivity (Wildman–Crippen MR) is 130 cm³/mol. The third kappa shape index (κ3) is 5.34. The zero-order valence-corrected chi connectivity index (χ0v) is 19.8. The first-order valence-corrected chi connectivity index (χ1v) is 10.8. The number of carbonyl (C=O) groups is 1. The van der Waals surface area contributed by atoms with E-state index in [1.54, 1.807) is 36.4 Å². The van der Waals surface area contributed by atoms with Crippen LogP contribution in [0, 0.1) is 25.2 Å². The van der Waals surface area contributed by atoms with Gasteiger partial charge in [0.2, 0.25) is 0 Å². The number of benzene rings is 2. The van der Waals surface area contributed by atoms with Crippen molar-refractivity contribution >= 4 is 40.9 Å². The summed E-state index contributed by atoms with van der Waals surface area (Å²) in [4.78, 5) is 12.8. The van der Waals surface area contributed by atoms with Crippen molar-refractivity contribution < 1.29 is 9.53 Å². The second-order valence-electron chi connectivity index (χ2n) is 7.58. The van der Waals surface area contributed by atoms with Crippen LogP contribution in [-0.2, 0) is 4.79 Å². The topological polar surface area (TPSA) is 67.1 Å². The minimum Gasteiger partial charge on any atom is -0.491 e. The molecule has 0 unspecified atom stereocenters. The lowest BCUT2D eigenvalue weighted by molar-refractivity contribution is -0.112. The number of carbonyl (C=O) groups excluding carboxylic acids is 1. The molecule has 0 radical (unpaired) electrons. The highest BCUT2D eigenvalue weighted by Crippen LogP contribution is 2.28. The number of aromatic nitrogens is 1. The average molecular weight is 468 g/mol. The predicted octanol–water partition coefficient (Wildman–Crippen LogP) is 6.73. The maximum atomic E-state index is 12.8. The zero-order valence-electron chi connectivity index (χ0n) is 18.2. The van der Waals surface area contributed by atoms with Gasteiger partial charge < -0.3 is 14.6 Å². The molecular formula is C25H23Cl2N3O2. The molecule has 0 atom stereocenters. The lowest BCUT2D eigenvalue weighted by Crippen LogP contribution is -2.14. The monoisotopic (exact) mass is 467 g/mol. The molecule has 0 aliphatic heterocycles. The van der Waals surface area contributed by atoms with E-state index in [1.165, 1.54) is 0 Å². The molecule has 0 aliphatic carbocycles. The molecule has 1 aromatic heterocycles. The second kappa shape index (κ2) is 9.95. The molecule has 5 nitrogen and oxygen atoms in total. The van der Waals surface area contributed by atoms with Crippen LogP contribution in [-0.4, -0.2) is 16.6 Å². The van der Waals surface area contributed by atoms with E-state index in [9.17, 15) is 10.1 Å². The van der Waals surface area contributed by atoms with Crippen molar-refractivity contribution in [3.8, 4) is 17.5 Å². The van der Waals surface area contributed by atoms with Crippen molar-refractivity contribution in [3.63, 3.8) is 0 Å². The van der Waals surface area contributed by atoms with Crippen LogP contribution >= 0.6 is 23.2 Å². The summed E-state index contributed by atoms with van der Waals surface area (Å²) < 4.78 is 7.65. The van der Waals surface area contributed by atoms with Gasteiger partial charge in [-0.2, -0.15) is 5.26 Å². The lowest BCUT2D eigenvalue weighted by Gasteiger charge is -2.11. The molecule has 0 aliphatic rings. The summed E-state index contributed by atoms with van der Waals surface area (Å²) in [7, 11) is 0. The Morgan fingerprint density at radius 2 is 1.88 bits per heavy atom. The van der Waals surface area contributed by atoms with Crippen molar-refractivity contribution in [1.82, 2.24) is 4.57 Å². The Hall–Kier alpha value is -3.20. The minimum atomic E-state index is -0.492. The van der Waals surface area contributed by atoms with Crippen molar-refractivity contribution in [3.05, 3.63) is 81.1 Å². The summed E-state index contributed by atoms with van der Waals surface area (Å²) in [5, 5.41) is 13.3. The SMILES string of the molecule is Cc1cc(/C=C(\C#N)C(=O)Nc2cccc(OC(C)C)c2)c(C)n1-c1ccc(Cl)c(Cl)c1. The second-order valence-corrected chi connectivity index (χ2v) is 8.39. The third-order valence-electron chi connectivity index (χ3n) is 4.76. The molecule has 32 heavy (non-hydrogen) atoms. The fraction of sp³-hybridized carbons (Fsp3) is 0.200. The Balaban J connectivity index is 1.89. The summed E-state index contributed by atoms with van der Waals surface area (Å²) in [6.45, 7) is 7.71. The molecule has 7 heteroatoms. The van der Waals surface area contributed by atoms with Crippen LogP contribution in [0.4, 0.5) is 5.69 Å². The normalized spacial score (nSPS) is 11.4.